The van der Waals surface area contributed by atoms with Crippen LogP contribution in [0.15, 0.2) is 34.9 Å². The number of pyridine rings is 1. The van der Waals surface area contributed by atoms with Crippen molar-refractivity contribution < 1.29 is 13.5 Å². The van der Waals surface area contributed by atoms with Gasteiger partial charge in [-0.2, -0.15) is 4.39 Å². The quantitative estimate of drug-likeness (QED) is 0.756. The Labute approximate surface area is 109 Å². The lowest BCUT2D eigenvalue weighted by Gasteiger charge is -2.07. The fourth-order valence-electron chi connectivity index (χ4n) is 1.16. The number of halogens is 4. The molecular formula is C11H5BrClF2NO. The minimum absolute atomic E-state index is 0.0190. The first-order chi connectivity index (χ1) is 8.08. The zero-order valence-corrected chi connectivity index (χ0v) is 10.6. The third-order valence-electron chi connectivity index (χ3n) is 1.89. The van der Waals surface area contributed by atoms with Crippen molar-refractivity contribution in [2.75, 3.05) is 0 Å². The molecule has 1 heterocycles. The van der Waals surface area contributed by atoms with Gasteiger partial charge in [-0.25, -0.2) is 9.37 Å². The Morgan fingerprint density at radius 3 is 2.76 bits per heavy atom. The fourth-order valence-corrected chi connectivity index (χ4v) is 1.73. The molecule has 1 aromatic carbocycles. The first-order valence-electron chi connectivity index (χ1n) is 4.51. The lowest BCUT2D eigenvalue weighted by Crippen LogP contribution is -1.94. The zero-order valence-electron chi connectivity index (χ0n) is 8.25. The number of rotatable bonds is 2. The topological polar surface area (TPSA) is 22.1 Å². The van der Waals surface area contributed by atoms with Gasteiger partial charge in [0.25, 0.3) is 0 Å². The molecule has 0 spiro atoms. The molecule has 2 nitrogen and oxygen atoms in total. The van der Waals surface area contributed by atoms with Gasteiger partial charge in [0.1, 0.15) is 5.02 Å². The molecule has 0 aliphatic carbocycles. The highest BCUT2D eigenvalue weighted by Gasteiger charge is 2.13. The van der Waals surface area contributed by atoms with E-state index in [4.69, 9.17) is 16.3 Å². The van der Waals surface area contributed by atoms with Gasteiger partial charge in [0.15, 0.2) is 11.6 Å². The molecule has 1 aromatic heterocycles. The van der Waals surface area contributed by atoms with Crippen LogP contribution in [0.1, 0.15) is 0 Å². The second-order valence-electron chi connectivity index (χ2n) is 3.09. The van der Waals surface area contributed by atoms with Crippen LogP contribution in [-0.2, 0) is 0 Å². The van der Waals surface area contributed by atoms with Crippen molar-refractivity contribution in [2.24, 2.45) is 0 Å². The van der Waals surface area contributed by atoms with Crippen molar-refractivity contribution in [1.82, 2.24) is 4.98 Å². The van der Waals surface area contributed by atoms with Gasteiger partial charge >= 0.3 is 0 Å². The molecule has 0 unspecified atom stereocenters. The summed E-state index contributed by atoms with van der Waals surface area (Å²) < 4.78 is 32.0. The van der Waals surface area contributed by atoms with Crippen LogP contribution in [0.2, 0.25) is 5.02 Å². The van der Waals surface area contributed by atoms with Gasteiger partial charge in [0.05, 0.1) is 0 Å². The summed E-state index contributed by atoms with van der Waals surface area (Å²) in [6.07, 6.45) is 1.44. The highest BCUT2D eigenvalue weighted by Crippen LogP contribution is 2.31. The van der Waals surface area contributed by atoms with E-state index in [2.05, 4.69) is 20.9 Å². The first-order valence-corrected chi connectivity index (χ1v) is 5.68. The van der Waals surface area contributed by atoms with E-state index >= 15 is 0 Å². The molecule has 0 saturated carbocycles. The predicted octanol–water partition coefficient (Wildman–Crippen LogP) is 4.57. The number of hydrogen-bond donors (Lipinski definition) is 0. The lowest BCUT2D eigenvalue weighted by molar-refractivity contribution is 0.405. The molecule has 0 radical (unpaired) electrons. The molecule has 2 rings (SSSR count). The van der Waals surface area contributed by atoms with Crippen molar-refractivity contribution in [3.05, 3.63) is 51.6 Å². The van der Waals surface area contributed by atoms with Crippen LogP contribution in [0.5, 0.6) is 11.6 Å². The molecule has 0 N–H and O–H groups in total. The Morgan fingerprint density at radius 1 is 1.29 bits per heavy atom. The van der Waals surface area contributed by atoms with E-state index in [-0.39, 0.29) is 16.7 Å². The second-order valence-corrected chi connectivity index (χ2v) is 4.42. The standard InChI is InChI=1S/C11H5BrClF2NO/c12-6-4-8(14)10(15)9(5-6)17-11-7(13)2-1-3-16-11/h1-5H. The average Bonchev–Trinajstić information content (AvgIpc) is 2.28. The molecule has 0 fully saturated rings. The normalized spacial score (nSPS) is 10.4. The Balaban J connectivity index is 2.40. The summed E-state index contributed by atoms with van der Waals surface area (Å²) in [5, 5.41) is 0.215. The Hall–Kier alpha value is -1.20. The monoisotopic (exact) mass is 319 g/mol. The molecule has 6 heteroatoms. The minimum Gasteiger partial charge on any atom is -0.434 e. The van der Waals surface area contributed by atoms with Crippen LogP contribution < -0.4 is 4.74 Å². The van der Waals surface area contributed by atoms with Gasteiger partial charge in [0, 0.05) is 10.7 Å². The summed E-state index contributed by atoms with van der Waals surface area (Å²) in [5.74, 6) is -2.36. The van der Waals surface area contributed by atoms with E-state index in [1.165, 1.54) is 18.3 Å². The first kappa shape index (κ1) is 12.3. The van der Waals surface area contributed by atoms with Crippen LogP contribution in [0.4, 0.5) is 8.78 Å². The Bertz CT molecular complexity index is 565. The smallest absolute Gasteiger partial charge is 0.238 e. The minimum atomic E-state index is -1.09. The maximum atomic E-state index is 13.4. The molecule has 0 atom stereocenters. The summed E-state index contributed by atoms with van der Waals surface area (Å²) in [4.78, 5) is 3.82. The van der Waals surface area contributed by atoms with Crippen molar-refractivity contribution in [2.45, 2.75) is 0 Å². The third kappa shape index (κ3) is 2.73. The number of benzene rings is 1. The molecule has 0 amide bonds. The maximum Gasteiger partial charge on any atom is 0.238 e. The van der Waals surface area contributed by atoms with Crippen LogP contribution in [0, 0.1) is 11.6 Å². The molecular weight excluding hydrogens is 315 g/mol. The third-order valence-corrected chi connectivity index (χ3v) is 2.64. The van der Waals surface area contributed by atoms with Gasteiger partial charge in [-0.05, 0) is 24.3 Å². The van der Waals surface area contributed by atoms with Crippen molar-refractivity contribution in [3.8, 4) is 11.6 Å². The summed E-state index contributed by atoms with van der Waals surface area (Å²) in [5.41, 5.74) is 0. The highest BCUT2D eigenvalue weighted by atomic mass is 79.9. The Kier molecular flexibility index (Phi) is 3.59. The van der Waals surface area contributed by atoms with Crippen LogP contribution in [0.3, 0.4) is 0 Å². The summed E-state index contributed by atoms with van der Waals surface area (Å²) in [6.45, 7) is 0. The van der Waals surface area contributed by atoms with Crippen molar-refractivity contribution in [1.29, 1.82) is 0 Å². The molecule has 0 saturated heterocycles. The molecule has 17 heavy (non-hydrogen) atoms. The van der Waals surface area contributed by atoms with E-state index in [0.29, 0.717) is 4.47 Å². The zero-order chi connectivity index (χ0) is 12.4. The van der Waals surface area contributed by atoms with E-state index in [9.17, 15) is 8.78 Å². The van der Waals surface area contributed by atoms with E-state index in [1.807, 2.05) is 0 Å². The average molecular weight is 321 g/mol. The Morgan fingerprint density at radius 2 is 2.06 bits per heavy atom. The predicted molar refractivity (Wildman–Crippen MR) is 63.4 cm³/mol. The van der Waals surface area contributed by atoms with Crippen LogP contribution in [0.25, 0.3) is 0 Å². The number of aromatic nitrogens is 1. The van der Waals surface area contributed by atoms with Gasteiger partial charge in [-0.1, -0.05) is 27.5 Å². The van der Waals surface area contributed by atoms with Crippen LogP contribution in [-0.4, -0.2) is 4.98 Å². The molecule has 0 bridgehead atoms. The molecule has 2 aromatic rings. The van der Waals surface area contributed by atoms with E-state index < -0.39 is 11.6 Å². The summed E-state index contributed by atoms with van der Waals surface area (Å²) >= 11 is 8.83. The molecule has 0 aliphatic rings. The van der Waals surface area contributed by atoms with Crippen LogP contribution >= 0.6 is 27.5 Å². The second kappa shape index (κ2) is 4.98. The van der Waals surface area contributed by atoms with Gasteiger partial charge in [0.2, 0.25) is 11.7 Å². The SMILES string of the molecule is Fc1cc(Br)cc(Oc2ncccc2Cl)c1F. The number of hydrogen-bond acceptors (Lipinski definition) is 2. The maximum absolute atomic E-state index is 13.4. The van der Waals surface area contributed by atoms with Crippen molar-refractivity contribution >= 4 is 27.5 Å². The molecule has 88 valence electrons. The van der Waals surface area contributed by atoms with E-state index in [1.54, 1.807) is 6.07 Å². The van der Waals surface area contributed by atoms with Gasteiger partial charge in [-0.15, -0.1) is 0 Å². The number of ether oxygens (including phenoxy) is 1. The van der Waals surface area contributed by atoms with Gasteiger partial charge in [-0.3, -0.25) is 0 Å². The largest absolute Gasteiger partial charge is 0.434 e. The highest BCUT2D eigenvalue weighted by molar-refractivity contribution is 9.10. The molecule has 0 aliphatic heterocycles. The fraction of sp³-hybridized carbons (Fsp3) is 0. The summed E-state index contributed by atoms with van der Waals surface area (Å²) in [7, 11) is 0. The summed E-state index contributed by atoms with van der Waals surface area (Å²) in [6, 6.07) is 5.44. The lowest BCUT2D eigenvalue weighted by atomic mass is 10.3. The van der Waals surface area contributed by atoms with Gasteiger partial charge < -0.3 is 4.74 Å². The van der Waals surface area contributed by atoms with E-state index in [0.717, 1.165) is 6.07 Å². The number of nitrogens with zero attached hydrogens (tertiary/aromatic N) is 1. The van der Waals surface area contributed by atoms with Crippen molar-refractivity contribution in [3.63, 3.8) is 0 Å².